The number of benzene rings is 2. The molecule has 1 amide bonds. The first-order valence-electron chi connectivity index (χ1n) is 8.00. The molecule has 0 aromatic heterocycles. The lowest BCUT2D eigenvalue weighted by atomic mass is 10.1. The largest absolute Gasteiger partial charge is 0.356 e. The van der Waals surface area contributed by atoms with Crippen molar-refractivity contribution in [3.8, 4) is 0 Å². The van der Waals surface area contributed by atoms with E-state index in [0.717, 1.165) is 37.2 Å². The molecule has 0 saturated carbocycles. The maximum atomic E-state index is 12.1. The average molecular weight is 294 g/mol. The van der Waals surface area contributed by atoms with Gasteiger partial charge in [0.25, 0.3) is 0 Å². The Morgan fingerprint density at radius 3 is 2.59 bits per heavy atom. The zero-order valence-corrected chi connectivity index (χ0v) is 12.8. The highest BCUT2D eigenvalue weighted by molar-refractivity contribution is 5.76. The van der Waals surface area contributed by atoms with Crippen LogP contribution in [0.5, 0.6) is 0 Å². The Morgan fingerprint density at radius 2 is 1.73 bits per heavy atom. The predicted octanol–water partition coefficient (Wildman–Crippen LogP) is 4.33. The van der Waals surface area contributed by atoms with E-state index in [1.165, 1.54) is 5.56 Å². The summed E-state index contributed by atoms with van der Waals surface area (Å²) >= 11 is 0. The molecule has 3 rings (SSSR count). The van der Waals surface area contributed by atoms with Crippen LogP contribution in [-0.4, -0.2) is 17.4 Å². The van der Waals surface area contributed by atoms with E-state index in [1.54, 1.807) is 0 Å². The van der Waals surface area contributed by atoms with Crippen LogP contribution in [0.15, 0.2) is 54.6 Å². The van der Waals surface area contributed by atoms with Crippen molar-refractivity contribution in [3.63, 3.8) is 0 Å². The molecule has 0 aliphatic carbocycles. The predicted molar refractivity (Wildman–Crippen MR) is 90.1 cm³/mol. The average Bonchev–Trinajstić information content (AvgIpc) is 2.74. The van der Waals surface area contributed by atoms with Crippen molar-refractivity contribution in [3.05, 3.63) is 60.2 Å². The zero-order chi connectivity index (χ0) is 15.2. The second kappa shape index (κ2) is 7.12. The number of rotatable bonds is 4. The maximum Gasteiger partial charge on any atom is 0.222 e. The summed E-state index contributed by atoms with van der Waals surface area (Å²) < 4.78 is 0. The normalized spacial score (nSPS) is 15.5. The number of likely N-dealkylation sites (tertiary alicyclic amines) is 1. The molecule has 0 radical (unpaired) electrons. The fourth-order valence-corrected chi connectivity index (χ4v) is 2.86. The highest BCUT2D eigenvalue weighted by Crippen LogP contribution is 2.20. The van der Waals surface area contributed by atoms with Gasteiger partial charge in [0.15, 0.2) is 0 Å². The van der Waals surface area contributed by atoms with Crippen molar-refractivity contribution >= 4 is 17.3 Å². The molecule has 1 saturated heterocycles. The Labute approximate surface area is 132 Å². The number of carbonyl (C=O) groups excluding carboxylic acids is 1. The molecule has 3 heteroatoms. The van der Waals surface area contributed by atoms with E-state index in [1.807, 2.05) is 41.3 Å². The molecule has 2 aromatic carbocycles. The highest BCUT2D eigenvalue weighted by Gasteiger charge is 2.16. The fourth-order valence-electron chi connectivity index (χ4n) is 2.86. The number of hydrogen-bond donors (Lipinski definition) is 1. The van der Waals surface area contributed by atoms with Crippen molar-refractivity contribution in [2.24, 2.45) is 0 Å². The zero-order valence-electron chi connectivity index (χ0n) is 12.8. The number of nitrogens with zero attached hydrogens (tertiary/aromatic N) is 1. The van der Waals surface area contributed by atoms with Gasteiger partial charge in [0.1, 0.15) is 0 Å². The summed E-state index contributed by atoms with van der Waals surface area (Å²) in [4.78, 5) is 14.1. The third kappa shape index (κ3) is 3.88. The first-order chi connectivity index (χ1) is 10.8. The van der Waals surface area contributed by atoms with Gasteiger partial charge in [-0.2, -0.15) is 0 Å². The van der Waals surface area contributed by atoms with Crippen LogP contribution in [0.25, 0.3) is 0 Å². The Bertz CT molecular complexity index is 624. The lowest BCUT2D eigenvalue weighted by molar-refractivity contribution is -0.131. The molecule has 2 aromatic rings. The quantitative estimate of drug-likeness (QED) is 0.910. The number of nitrogens with one attached hydrogen (secondary N) is 1. The highest BCUT2D eigenvalue weighted by atomic mass is 16.2. The van der Waals surface area contributed by atoms with Crippen molar-refractivity contribution in [1.29, 1.82) is 0 Å². The number of hydrogen-bond acceptors (Lipinski definition) is 2. The number of amides is 1. The molecule has 1 aliphatic heterocycles. The molecule has 22 heavy (non-hydrogen) atoms. The molecule has 1 aliphatic rings. The van der Waals surface area contributed by atoms with E-state index < -0.39 is 0 Å². The van der Waals surface area contributed by atoms with Gasteiger partial charge in [0.05, 0.1) is 0 Å². The van der Waals surface area contributed by atoms with E-state index in [-0.39, 0.29) is 0 Å². The van der Waals surface area contributed by atoms with E-state index in [2.05, 4.69) is 23.5 Å². The standard InChI is InChI=1S/C19H22N2O/c22-19-12-5-2-6-13-21(19)15-16-8-7-11-18(14-16)20-17-9-3-1-4-10-17/h1,3-4,7-11,14,20H,2,5-6,12-13,15H2. The molecule has 0 unspecified atom stereocenters. The minimum atomic E-state index is 0.291. The van der Waals surface area contributed by atoms with Gasteiger partial charge in [-0.25, -0.2) is 0 Å². The summed E-state index contributed by atoms with van der Waals surface area (Å²) in [5.74, 6) is 0.291. The molecule has 1 heterocycles. The monoisotopic (exact) mass is 294 g/mol. The second-order valence-corrected chi connectivity index (χ2v) is 5.82. The van der Waals surface area contributed by atoms with Crippen molar-refractivity contribution in [1.82, 2.24) is 4.90 Å². The Hall–Kier alpha value is -2.29. The molecule has 1 N–H and O–H groups in total. The molecule has 0 spiro atoms. The Balaban J connectivity index is 1.69. The van der Waals surface area contributed by atoms with Crippen LogP contribution in [0.1, 0.15) is 31.2 Å². The summed E-state index contributed by atoms with van der Waals surface area (Å²) in [5, 5.41) is 3.40. The van der Waals surface area contributed by atoms with Gasteiger partial charge in [-0.1, -0.05) is 36.8 Å². The Morgan fingerprint density at radius 1 is 0.909 bits per heavy atom. The summed E-state index contributed by atoms with van der Waals surface area (Å²) in [6.07, 6.45) is 4.01. The van der Waals surface area contributed by atoms with Gasteiger partial charge in [0, 0.05) is 30.9 Å². The first kappa shape index (κ1) is 14.6. The molecule has 0 bridgehead atoms. The van der Waals surface area contributed by atoms with Crippen LogP contribution >= 0.6 is 0 Å². The molecule has 0 atom stereocenters. The molecular formula is C19H22N2O. The van der Waals surface area contributed by atoms with Gasteiger partial charge in [0.2, 0.25) is 5.91 Å². The van der Waals surface area contributed by atoms with Crippen LogP contribution in [0.3, 0.4) is 0 Å². The molecule has 1 fully saturated rings. The van der Waals surface area contributed by atoms with E-state index in [4.69, 9.17) is 0 Å². The van der Waals surface area contributed by atoms with Crippen LogP contribution < -0.4 is 5.32 Å². The fraction of sp³-hybridized carbons (Fsp3) is 0.316. The van der Waals surface area contributed by atoms with Crippen LogP contribution in [-0.2, 0) is 11.3 Å². The number of anilines is 2. The topological polar surface area (TPSA) is 32.3 Å². The van der Waals surface area contributed by atoms with Gasteiger partial charge in [-0.05, 0) is 42.7 Å². The van der Waals surface area contributed by atoms with Gasteiger partial charge < -0.3 is 10.2 Å². The third-order valence-electron chi connectivity index (χ3n) is 4.03. The first-order valence-corrected chi connectivity index (χ1v) is 8.00. The summed E-state index contributed by atoms with van der Waals surface area (Å²) in [6.45, 7) is 1.60. The van der Waals surface area contributed by atoms with Crippen molar-refractivity contribution in [2.75, 3.05) is 11.9 Å². The smallest absolute Gasteiger partial charge is 0.222 e. The molecule has 3 nitrogen and oxygen atoms in total. The van der Waals surface area contributed by atoms with Crippen LogP contribution in [0.4, 0.5) is 11.4 Å². The van der Waals surface area contributed by atoms with Gasteiger partial charge >= 0.3 is 0 Å². The van der Waals surface area contributed by atoms with E-state index in [9.17, 15) is 4.79 Å². The summed E-state index contributed by atoms with van der Waals surface area (Å²) in [5.41, 5.74) is 3.31. The second-order valence-electron chi connectivity index (χ2n) is 5.82. The van der Waals surface area contributed by atoms with Crippen molar-refractivity contribution in [2.45, 2.75) is 32.2 Å². The summed E-state index contributed by atoms with van der Waals surface area (Å²) in [7, 11) is 0. The maximum absolute atomic E-state index is 12.1. The SMILES string of the molecule is O=C1CCCCCN1Cc1cccc(Nc2ccccc2)c1. The molecule has 114 valence electrons. The number of para-hydroxylation sites is 1. The third-order valence-corrected chi connectivity index (χ3v) is 4.03. The number of carbonyl (C=O) groups is 1. The minimum Gasteiger partial charge on any atom is -0.356 e. The van der Waals surface area contributed by atoms with E-state index in [0.29, 0.717) is 18.9 Å². The van der Waals surface area contributed by atoms with E-state index >= 15 is 0 Å². The van der Waals surface area contributed by atoms with Gasteiger partial charge in [-0.3, -0.25) is 4.79 Å². The summed E-state index contributed by atoms with van der Waals surface area (Å²) in [6, 6.07) is 18.5. The lowest BCUT2D eigenvalue weighted by Crippen LogP contribution is -2.29. The van der Waals surface area contributed by atoms with Crippen molar-refractivity contribution < 1.29 is 4.79 Å². The van der Waals surface area contributed by atoms with Crippen LogP contribution in [0.2, 0.25) is 0 Å². The molecular weight excluding hydrogens is 272 g/mol. The van der Waals surface area contributed by atoms with Gasteiger partial charge in [-0.15, -0.1) is 0 Å². The Kier molecular flexibility index (Phi) is 4.74. The lowest BCUT2D eigenvalue weighted by Gasteiger charge is -2.21. The minimum absolute atomic E-state index is 0.291. The van der Waals surface area contributed by atoms with Crippen LogP contribution in [0, 0.1) is 0 Å².